The van der Waals surface area contributed by atoms with E-state index in [-0.39, 0.29) is 18.6 Å². The highest BCUT2D eigenvalue weighted by atomic mass is 19.4. The number of pyridine rings is 1. The van der Waals surface area contributed by atoms with Crippen LogP contribution in [0.2, 0.25) is 0 Å². The summed E-state index contributed by atoms with van der Waals surface area (Å²) in [7, 11) is 3.34. The molecule has 1 aliphatic heterocycles. The number of aromatic nitrogens is 5. The highest BCUT2D eigenvalue weighted by Crippen LogP contribution is 2.33. The van der Waals surface area contributed by atoms with E-state index in [2.05, 4.69) is 30.7 Å². The van der Waals surface area contributed by atoms with Gasteiger partial charge in [-0.3, -0.25) is 14.5 Å². The molecule has 3 aromatic rings. The maximum atomic E-state index is 12.7. The van der Waals surface area contributed by atoms with Crippen molar-refractivity contribution in [1.82, 2.24) is 24.7 Å². The average molecular weight is 490 g/mol. The van der Waals surface area contributed by atoms with E-state index in [1.807, 2.05) is 6.92 Å². The van der Waals surface area contributed by atoms with Crippen LogP contribution in [0.5, 0.6) is 0 Å². The molecule has 1 aliphatic rings. The minimum Gasteiger partial charge on any atom is -0.379 e. The van der Waals surface area contributed by atoms with E-state index in [4.69, 9.17) is 4.74 Å². The number of likely N-dealkylation sites (N-methyl/N-ethyl adjacent to an activating group) is 1. The number of ether oxygens (including phenoxy) is 1. The van der Waals surface area contributed by atoms with Crippen LogP contribution < -0.4 is 15.5 Å². The Morgan fingerprint density at radius 1 is 1.23 bits per heavy atom. The number of rotatable bonds is 7. The molecule has 0 fully saturated rings. The number of nitrogens with zero attached hydrogens (tertiary/aromatic N) is 6. The third-order valence-corrected chi connectivity index (χ3v) is 5.75. The standard InChI is InChI=1S/C22H25F3N8O2/c1-12-17-19(32(3)18(13(2)35-4)20(34)30-17)31-21(29-12)27-8-15-9-28-33(11-15)10-14-5-6-16(26-7-14)22(23,24)25/h5-7,9,11,13,18H,8,10H2,1-4H3,(H,30,34)(H,27,29,31)/t13?,18-/m0/s1. The van der Waals surface area contributed by atoms with Gasteiger partial charge in [0.05, 0.1) is 24.5 Å². The molecule has 0 saturated carbocycles. The Hall–Kier alpha value is -3.74. The lowest BCUT2D eigenvalue weighted by atomic mass is 10.1. The molecule has 2 atom stereocenters. The molecule has 0 saturated heterocycles. The lowest BCUT2D eigenvalue weighted by Crippen LogP contribution is -2.53. The van der Waals surface area contributed by atoms with Gasteiger partial charge in [-0.05, 0) is 25.5 Å². The van der Waals surface area contributed by atoms with Gasteiger partial charge in [0.2, 0.25) is 11.9 Å². The smallest absolute Gasteiger partial charge is 0.379 e. The SMILES string of the molecule is COC(C)[C@H]1C(=O)Nc2c(C)nc(NCc3cnn(Cc4ccc(C(F)(F)F)nc4)c3)nc2N1C. The molecule has 0 aliphatic carbocycles. The minimum atomic E-state index is -4.47. The topological polar surface area (TPSA) is 110 Å². The van der Waals surface area contributed by atoms with E-state index >= 15 is 0 Å². The first-order valence-electron chi connectivity index (χ1n) is 10.8. The van der Waals surface area contributed by atoms with Crippen molar-refractivity contribution in [3.8, 4) is 0 Å². The highest BCUT2D eigenvalue weighted by molar-refractivity contribution is 6.03. The molecule has 0 radical (unpaired) electrons. The number of hydrogen-bond donors (Lipinski definition) is 2. The summed E-state index contributed by atoms with van der Waals surface area (Å²) >= 11 is 0. The number of fused-ring (bicyclic) bond motifs is 1. The lowest BCUT2D eigenvalue weighted by Gasteiger charge is -2.37. The van der Waals surface area contributed by atoms with Crippen LogP contribution in [0.4, 0.5) is 30.6 Å². The zero-order valence-corrected chi connectivity index (χ0v) is 19.6. The third-order valence-electron chi connectivity index (χ3n) is 5.75. The first kappa shape index (κ1) is 24.4. The second-order valence-electron chi connectivity index (χ2n) is 8.27. The largest absolute Gasteiger partial charge is 0.433 e. The molecule has 4 rings (SSSR count). The van der Waals surface area contributed by atoms with E-state index in [0.29, 0.717) is 35.3 Å². The number of alkyl halides is 3. The lowest BCUT2D eigenvalue weighted by molar-refractivity contribution is -0.141. The zero-order chi connectivity index (χ0) is 25.3. The predicted octanol–water partition coefficient (Wildman–Crippen LogP) is 2.85. The van der Waals surface area contributed by atoms with Crippen molar-refractivity contribution in [2.24, 2.45) is 0 Å². The van der Waals surface area contributed by atoms with Gasteiger partial charge < -0.3 is 20.3 Å². The molecule has 186 valence electrons. The molecule has 0 spiro atoms. The van der Waals surface area contributed by atoms with Crippen LogP contribution in [0.25, 0.3) is 0 Å². The van der Waals surface area contributed by atoms with Crippen LogP contribution in [0, 0.1) is 6.92 Å². The molecule has 3 aromatic heterocycles. The van der Waals surface area contributed by atoms with Crippen molar-refractivity contribution in [2.45, 2.75) is 45.3 Å². The fourth-order valence-electron chi connectivity index (χ4n) is 3.84. The normalized spacial score (nSPS) is 16.6. The molecule has 1 amide bonds. The van der Waals surface area contributed by atoms with Crippen molar-refractivity contribution in [3.05, 3.63) is 53.2 Å². The number of methoxy groups -OCH3 is 1. The first-order valence-corrected chi connectivity index (χ1v) is 10.8. The molecule has 0 aromatic carbocycles. The summed E-state index contributed by atoms with van der Waals surface area (Å²) in [5.41, 5.74) is 1.67. The number of carbonyl (C=O) groups excluding carboxylic acids is 1. The maximum Gasteiger partial charge on any atom is 0.433 e. The molecular weight excluding hydrogens is 465 g/mol. The van der Waals surface area contributed by atoms with Gasteiger partial charge in [0.1, 0.15) is 17.4 Å². The van der Waals surface area contributed by atoms with Gasteiger partial charge in [-0.1, -0.05) is 6.07 Å². The van der Waals surface area contributed by atoms with Gasteiger partial charge in [-0.15, -0.1) is 0 Å². The summed E-state index contributed by atoms with van der Waals surface area (Å²) in [5, 5.41) is 10.3. The summed E-state index contributed by atoms with van der Waals surface area (Å²) in [4.78, 5) is 26.8. The van der Waals surface area contributed by atoms with Crippen molar-refractivity contribution in [2.75, 3.05) is 29.7 Å². The monoisotopic (exact) mass is 490 g/mol. The Morgan fingerprint density at radius 3 is 2.66 bits per heavy atom. The van der Waals surface area contributed by atoms with Crippen LogP contribution in [-0.2, 0) is 28.8 Å². The summed E-state index contributed by atoms with van der Waals surface area (Å²) in [6, 6.07) is 1.80. The Morgan fingerprint density at radius 2 is 2.00 bits per heavy atom. The second kappa shape index (κ2) is 9.49. The van der Waals surface area contributed by atoms with Crippen LogP contribution in [-0.4, -0.2) is 56.9 Å². The van der Waals surface area contributed by atoms with Gasteiger partial charge in [-0.25, -0.2) is 4.98 Å². The molecule has 35 heavy (non-hydrogen) atoms. The van der Waals surface area contributed by atoms with Gasteiger partial charge in [-0.2, -0.15) is 23.3 Å². The van der Waals surface area contributed by atoms with Crippen molar-refractivity contribution in [3.63, 3.8) is 0 Å². The number of carbonyl (C=O) groups is 1. The predicted molar refractivity (Wildman–Crippen MR) is 122 cm³/mol. The van der Waals surface area contributed by atoms with Gasteiger partial charge in [0, 0.05) is 38.7 Å². The molecule has 4 heterocycles. The van der Waals surface area contributed by atoms with Crippen LogP contribution in [0.1, 0.15) is 29.4 Å². The molecule has 13 heteroatoms. The average Bonchev–Trinajstić information content (AvgIpc) is 3.25. The van der Waals surface area contributed by atoms with E-state index in [0.717, 1.165) is 11.6 Å². The Bertz CT molecular complexity index is 1210. The van der Waals surface area contributed by atoms with E-state index < -0.39 is 17.9 Å². The Balaban J connectivity index is 1.43. The van der Waals surface area contributed by atoms with Crippen molar-refractivity contribution < 1.29 is 22.7 Å². The van der Waals surface area contributed by atoms with Crippen LogP contribution >= 0.6 is 0 Å². The Labute approximate surface area is 199 Å². The highest BCUT2D eigenvalue weighted by Gasteiger charge is 2.37. The second-order valence-corrected chi connectivity index (χ2v) is 8.27. The maximum absolute atomic E-state index is 12.7. The minimum absolute atomic E-state index is 0.183. The number of nitrogens with one attached hydrogen (secondary N) is 2. The van der Waals surface area contributed by atoms with Crippen molar-refractivity contribution >= 4 is 23.4 Å². The number of hydrogen-bond acceptors (Lipinski definition) is 8. The van der Waals surface area contributed by atoms with E-state index in [1.165, 1.54) is 12.3 Å². The van der Waals surface area contributed by atoms with Crippen LogP contribution in [0.15, 0.2) is 30.7 Å². The first-order chi connectivity index (χ1) is 16.6. The summed E-state index contributed by atoms with van der Waals surface area (Å²) < 4.78 is 45.0. The summed E-state index contributed by atoms with van der Waals surface area (Å²) in [6.07, 6.45) is -0.190. The van der Waals surface area contributed by atoms with E-state index in [9.17, 15) is 18.0 Å². The molecule has 10 nitrogen and oxygen atoms in total. The van der Waals surface area contributed by atoms with Gasteiger partial charge in [0.15, 0.2) is 5.82 Å². The summed E-state index contributed by atoms with van der Waals surface area (Å²) in [5.74, 6) is 0.782. The molecule has 2 N–H and O–H groups in total. The fourth-order valence-corrected chi connectivity index (χ4v) is 3.84. The van der Waals surface area contributed by atoms with Crippen molar-refractivity contribution in [1.29, 1.82) is 0 Å². The number of amides is 1. The quantitative estimate of drug-likeness (QED) is 0.520. The van der Waals surface area contributed by atoms with E-state index in [1.54, 1.807) is 43.1 Å². The summed E-state index contributed by atoms with van der Waals surface area (Å²) in [6.45, 7) is 4.26. The van der Waals surface area contributed by atoms with Gasteiger partial charge in [0.25, 0.3) is 0 Å². The zero-order valence-electron chi connectivity index (χ0n) is 19.6. The fraction of sp³-hybridized carbons (Fsp3) is 0.409. The number of anilines is 3. The third kappa shape index (κ3) is 5.19. The van der Waals surface area contributed by atoms with Crippen LogP contribution in [0.3, 0.4) is 0 Å². The number of halogens is 3. The number of aryl methyl sites for hydroxylation is 1. The van der Waals surface area contributed by atoms with Gasteiger partial charge >= 0.3 is 6.18 Å². The molecular formula is C22H25F3N8O2. The molecule has 0 bridgehead atoms. The Kier molecular flexibility index (Phi) is 6.61. The molecule has 1 unspecified atom stereocenters.